The highest BCUT2D eigenvalue weighted by Gasteiger charge is 2.20. The van der Waals surface area contributed by atoms with Crippen LogP contribution in [-0.4, -0.2) is 51.7 Å². The van der Waals surface area contributed by atoms with Crippen molar-refractivity contribution in [1.82, 2.24) is 24.4 Å². The Balaban J connectivity index is 1.56. The molecule has 0 radical (unpaired) electrons. The summed E-state index contributed by atoms with van der Waals surface area (Å²) in [6.45, 7) is 1.28. The van der Waals surface area contributed by atoms with Gasteiger partial charge in [-0.25, -0.2) is 9.97 Å². The minimum absolute atomic E-state index is 0.489. The van der Waals surface area contributed by atoms with Crippen molar-refractivity contribution in [2.24, 2.45) is 0 Å². The van der Waals surface area contributed by atoms with E-state index >= 15 is 0 Å². The lowest BCUT2D eigenvalue weighted by Gasteiger charge is -2.23. The SMILES string of the molecule is CN(C)CCOc1cc(-c2ccc3c(c2)ncn3C2CCCCC2)c2nc[nH]c2c1C#N. The molecule has 2 aromatic heterocycles. The van der Waals surface area contributed by atoms with Crippen molar-refractivity contribution in [3.63, 3.8) is 0 Å². The summed E-state index contributed by atoms with van der Waals surface area (Å²) in [5.41, 5.74) is 6.08. The second-order valence-electron chi connectivity index (χ2n) is 8.83. The Labute approximate surface area is 187 Å². The number of fused-ring (bicyclic) bond motifs is 2. The molecular formula is C25H28N6O. The van der Waals surface area contributed by atoms with Crippen LogP contribution in [-0.2, 0) is 0 Å². The smallest absolute Gasteiger partial charge is 0.140 e. The molecule has 5 rings (SSSR count). The summed E-state index contributed by atoms with van der Waals surface area (Å²) >= 11 is 0. The van der Waals surface area contributed by atoms with Crippen molar-refractivity contribution in [1.29, 1.82) is 5.26 Å². The minimum atomic E-state index is 0.489. The Bertz CT molecular complexity index is 1290. The van der Waals surface area contributed by atoms with Crippen LogP contribution in [0, 0.1) is 11.3 Å². The Morgan fingerprint density at radius 1 is 1.19 bits per heavy atom. The molecule has 7 heteroatoms. The normalized spacial score (nSPS) is 14.9. The van der Waals surface area contributed by atoms with Gasteiger partial charge in [-0.3, -0.25) is 0 Å². The quantitative estimate of drug-likeness (QED) is 0.472. The molecule has 1 saturated carbocycles. The molecular weight excluding hydrogens is 400 g/mol. The van der Waals surface area contributed by atoms with Crippen LogP contribution in [0.2, 0.25) is 0 Å². The molecule has 0 saturated heterocycles. The summed E-state index contributed by atoms with van der Waals surface area (Å²) in [5.74, 6) is 0.578. The van der Waals surface area contributed by atoms with E-state index in [0.29, 0.717) is 29.5 Å². The molecule has 2 heterocycles. The third kappa shape index (κ3) is 3.71. The summed E-state index contributed by atoms with van der Waals surface area (Å²) in [6.07, 6.45) is 10.0. The molecule has 0 spiro atoms. The summed E-state index contributed by atoms with van der Waals surface area (Å²) in [7, 11) is 4.00. The van der Waals surface area contributed by atoms with Gasteiger partial charge in [0.2, 0.25) is 0 Å². The average Bonchev–Trinajstić information content (AvgIpc) is 3.46. The maximum atomic E-state index is 9.77. The average molecular weight is 429 g/mol. The van der Waals surface area contributed by atoms with Gasteiger partial charge in [-0.1, -0.05) is 25.3 Å². The molecule has 0 unspecified atom stereocenters. The number of rotatable bonds is 6. The van der Waals surface area contributed by atoms with Crippen molar-refractivity contribution in [3.8, 4) is 22.9 Å². The van der Waals surface area contributed by atoms with Gasteiger partial charge in [0.05, 0.1) is 34.7 Å². The van der Waals surface area contributed by atoms with Crippen molar-refractivity contribution >= 4 is 22.1 Å². The monoisotopic (exact) mass is 428 g/mol. The number of likely N-dealkylation sites (N-methyl/N-ethyl adjacent to an activating group) is 1. The van der Waals surface area contributed by atoms with Crippen molar-refractivity contribution in [2.45, 2.75) is 38.1 Å². The van der Waals surface area contributed by atoms with E-state index in [1.807, 2.05) is 26.5 Å². The molecule has 1 aliphatic carbocycles. The van der Waals surface area contributed by atoms with Crippen molar-refractivity contribution in [3.05, 3.63) is 42.5 Å². The lowest BCUT2D eigenvalue weighted by atomic mass is 9.95. The van der Waals surface area contributed by atoms with E-state index in [1.165, 1.54) is 37.6 Å². The second-order valence-corrected chi connectivity index (χ2v) is 8.83. The molecule has 0 atom stereocenters. The van der Waals surface area contributed by atoms with E-state index in [1.54, 1.807) is 6.33 Å². The van der Waals surface area contributed by atoms with Gasteiger partial charge in [0.25, 0.3) is 0 Å². The highest BCUT2D eigenvalue weighted by molar-refractivity contribution is 5.98. The number of nitriles is 1. The topological polar surface area (TPSA) is 82.8 Å². The zero-order chi connectivity index (χ0) is 22.1. The Hall–Kier alpha value is -3.37. The van der Waals surface area contributed by atoms with E-state index in [0.717, 1.165) is 28.7 Å². The Kier molecular flexibility index (Phi) is 5.54. The zero-order valence-electron chi connectivity index (χ0n) is 18.6. The number of hydrogen-bond acceptors (Lipinski definition) is 5. The third-order valence-corrected chi connectivity index (χ3v) is 6.43. The third-order valence-electron chi connectivity index (χ3n) is 6.43. The fourth-order valence-electron chi connectivity index (χ4n) is 4.72. The van der Waals surface area contributed by atoms with E-state index in [-0.39, 0.29) is 0 Å². The predicted molar refractivity (Wildman–Crippen MR) is 126 cm³/mol. The number of benzene rings is 2. The van der Waals surface area contributed by atoms with Crippen LogP contribution in [0.5, 0.6) is 5.75 Å². The number of aromatic amines is 1. The van der Waals surface area contributed by atoms with Crippen molar-refractivity contribution < 1.29 is 4.74 Å². The zero-order valence-corrected chi connectivity index (χ0v) is 18.6. The van der Waals surface area contributed by atoms with E-state index in [9.17, 15) is 5.26 Å². The molecule has 1 fully saturated rings. The number of hydrogen-bond donors (Lipinski definition) is 1. The number of aromatic nitrogens is 4. The highest BCUT2D eigenvalue weighted by Crippen LogP contribution is 2.37. The maximum Gasteiger partial charge on any atom is 0.140 e. The Morgan fingerprint density at radius 2 is 2.03 bits per heavy atom. The number of nitrogens with one attached hydrogen (secondary N) is 1. The van der Waals surface area contributed by atoms with Crippen LogP contribution in [0.15, 0.2) is 36.9 Å². The lowest BCUT2D eigenvalue weighted by molar-refractivity contribution is 0.261. The summed E-state index contributed by atoms with van der Waals surface area (Å²) in [5, 5.41) is 9.77. The van der Waals surface area contributed by atoms with Gasteiger partial charge < -0.3 is 19.2 Å². The fraction of sp³-hybridized carbons (Fsp3) is 0.400. The number of nitrogens with zero attached hydrogens (tertiary/aromatic N) is 5. The second kappa shape index (κ2) is 8.64. The first-order valence-electron chi connectivity index (χ1n) is 11.3. The van der Waals surface area contributed by atoms with Gasteiger partial charge in [0.1, 0.15) is 24.0 Å². The molecule has 4 aromatic rings. The first-order valence-corrected chi connectivity index (χ1v) is 11.3. The van der Waals surface area contributed by atoms with Crippen LogP contribution in [0.1, 0.15) is 43.7 Å². The molecule has 1 aliphatic rings. The first kappa shape index (κ1) is 20.5. The van der Waals surface area contributed by atoms with Crippen LogP contribution in [0.4, 0.5) is 0 Å². The predicted octanol–water partition coefficient (Wildman–Crippen LogP) is 4.90. The number of imidazole rings is 2. The molecule has 0 aliphatic heterocycles. The molecule has 1 N–H and O–H groups in total. The fourth-order valence-corrected chi connectivity index (χ4v) is 4.72. The molecule has 7 nitrogen and oxygen atoms in total. The van der Waals surface area contributed by atoms with Gasteiger partial charge in [0.15, 0.2) is 0 Å². The molecule has 32 heavy (non-hydrogen) atoms. The van der Waals surface area contributed by atoms with Gasteiger partial charge in [-0.05, 0) is 50.7 Å². The maximum absolute atomic E-state index is 9.77. The largest absolute Gasteiger partial charge is 0.491 e. The van der Waals surface area contributed by atoms with E-state index < -0.39 is 0 Å². The van der Waals surface area contributed by atoms with Crippen molar-refractivity contribution in [2.75, 3.05) is 27.2 Å². The van der Waals surface area contributed by atoms with Crippen LogP contribution in [0.3, 0.4) is 0 Å². The van der Waals surface area contributed by atoms with E-state index in [2.05, 4.69) is 43.7 Å². The van der Waals surface area contributed by atoms with Crippen LogP contribution < -0.4 is 4.74 Å². The van der Waals surface area contributed by atoms with Gasteiger partial charge in [-0.15, -0.1) is 0 Å². The first-order chi connectivity index (χ1) is 15.7. The summed E-state index contributed by atoms with van der Waals surface area (Å²) in [6, 6.07) is 11.2. The molecule has 0 amide bonds. The lowest BCUT2D eigenvalue weighted by Crippen LogP contribution is -2.19. The number of ether oxygens (including phenoxy) is 1. The molecule has 2 aromatic carbocycles. The van der Waals surface area contributed by atoms with E-state index in [4.69, 9.17) is 9.72 Å². The molecule has 164 valence electrons. The number of H-pyrrole nitrogens is 1. The summed E-state index contributed by atoms with van der Waals surface area (Å²) in [4.78, 5) is 14.4. The van der Waals surface area contributed by atoms with Gasteiger partial charge in [0, 0.05) is 18.2 Å². The summed E-state index contributed by atoms with van der Waals surface area (Å²) < 4.78 is 8.36. The van der Waals surface area contributed by atoms with Gasteiger partial charge in [-0.2, -0.15) is 5.26 Å². The Morgan fingerprint density at radius 3 is 2.81 bits per heavy atom. The van der Waals surface area contributed by atoms with Crippen LogP contribution in [0.25, 0.3) is 33.2 Å². The highest BCUT2D eigenvalue weighted by atomic mass is 16.5. The van der Waals surface area contributed by atoms with Crippen LogP contribution >= 0.6 is 0 Å². The minimum Gasteiger partial charge on any atom is -0.491 e. The molecule has 0 bridgehead atoms. The van der Waals surface area contributed by atoms with Gasteiger partial charge >= 0.3 is 0 Å². The standard InChI is InChI=1S/C25H28N6O/c1-30(2)10-11-32-23-13-19(24-25(20(23)14-26)28-15-27-24)17-8-9-22-21(12-17)29-16-31(22)18-6-4-3-5-7-18/h8-9,12-13,15-16,18H,3-7,10-11H2,1-2H3,(H,27,28).